The van der Waals surface area contributed by atoms with E-state index in [-0.39, 0.29) is 30.9 Å². The molecule has 0 saturated carbocycles. The van der Waals surface area contributed by atoms with Gasteiger partial charge in [-0.3, -0.25) is 9.59 Å². The Kier molecular flexibility index (Phi) is 8.58. The highest BCUT2D eigenvalue weighted by Gasteiger charge is 2.50. The van der Waals surface area contributed by atoms with Crippen molar-refractivity contribution in [2.45, 2.75) is 38.6 Å². The van der Waals surface area contributed by atoms with Gasteiger partial charge in [-0.15, -0.1) is 0 Å². The lowest BCUT2D eigenvalue weighted by Gasteiger charge is -2.55. The predicted octanol–water partition coefficient (Wildman–Crippen LogP) is 1.03. The summed E-state index contributed by atoms with van der Waals surface area (Å²) in [5, 5.41) is 6.47. The van der Waals surface area contributed by atoms with Gasteiger partial charge < -0.3 is 15.1 Å². The van der Waals surface area contributed by atoms with Gasteiger partial charge in [0.2, 0.25) is 11.8 Å². The molecule has 0 aliphatic carbocycles. The average molecular weight is 507 g/mol. The molecule has 2 fully saturated rings. The third kappa shape index (κ3) is 5.70. The van der Waals surface area contributed by atoms with E-state index in [9.17, 15) is 14.4 Å². The van der Waals surface area contributed by atoms with Crippen LogP contribution in [0.4, 0.5) is 4.79 Å². The number of urea groups is 1. The third-order valence-corrected chi connectivity index (χ3v) is 7.39. The number of nitrogens with zero attached hydrogens (tertiary/aromatic N) is 4. The molecule has 190 valence electrons. The van der Waals surface area contributed by atoms with Gasteiger partial charge in [-0.05, 0) is 29.6 Å². The maximum absolute atomic E-state index is 13.6. The monoisotopic (exact) mass is 507 g/mol. The van der Waals surface area contributed by atoms with Gasteiger partial charge in [-0.2, -0.15) is 11.8 Å². The second kappa shape index (κ2) is 11.8. The van der Waals surface area contributed by atoms with Crippen molar-refractivity contribution in [1.29, 1.82) is 0 Å². The zero-order valence-electron chi connectivity index (χ0n) is 21.2. The average Bonchev–Trinajstić information content (AvgIpc) is 2.88. The lowest BCUT2D eigenvalue weighted by Crippen LogP contribution is -2.76. The van der Waals surface area contributed by atoms with Crippen molar-refractivity contribution in [2.24, 2.45) is 0 Å². The zero-order chi connectivity index (χ0) is 25.7. The first-order valence-corrected chi connectivity index (χ1v) is 13.8. The predicted molar refractivity (Wildman–Crippen MR) is 145 cm³/mol. The van der Waals surface area contributed by atoms with Gasteiger partial charge in [0.15, 0.2) is 0 Å². The second-order valence-corrected chi connectivity index (χ2v) is 10.2. The van der Waals surface area contributed by atoms with Crippen LogP contribution < -0.4 is 10.8 Å². The zero-order valence-corrected chi connectivity index (χ0v) is 22.0. The van der Waals surface area contributed by atoms with Crippen LogP contribution in [0.1, 0.15) is 24.5 Å². The third-order valence-electron chi connectivity index (χ3n) is 6.74. The van der Waals surface area contributed by atoms with Gasteiger partial charge in [0.25, 0.3) is 0 Å². The quantitative estimate of drug-likeness (QED) is 0.541. The molecule has 2 aromatic carbocycles. The van der Waals surface area contributed by atoms with Gasteiger partial charge in [0.05, 0.1) is 13.1 Å². The van der Waals surface area contributed by atoms with Gasteiger partial charge in [-0.25, -0.2) is 14.8 Å². The number of carbonyl (C=O) groups is 3. The number of hydrazine groups is 1. The largest absolute Gasteiger partial charge is 0.334 e. The lowest BCUT2D eigenvalue weighted by atomic mass is 9.94. The van der Waals surface area contributed by atoms with Crippen molar-refractivity contribution in [3.8, 4) is 0 Å². The first-order valence-electron chi connectivity index (χ1n) is 12.4. The minimum absolute atomic E-state index is 0.0512. The molecule has 36 heavy (non-hydrogen) atoms. The van der Waals surface area contributed by atoms with Gasteiger partial charge in [-0.1, -0.05) is 67.0 Å². The van der Waals surface area contributed by atoms with Crippen molar-refractivity contribution in [1.82, 2.24) is 25.1 Å². The Morgan fingerprint density at radius 3 is 2.56 bits per heavy atom. The summed E-state index contributed by atoms with van der Waals surface area (Å²) in [5.41, 5.74) is 3.16. The molecule has 0 spiro atoms. The van der Waals surface area contributed by atoms with Crippen LogP contribution in [-0.4, -0.2) is 89.4 Å². The van der Waals surface area contributed by atoms with Crippen molar-refractivity contribution < 1.29 is 14.4 Å². The number of hydrogen-bond acceptors (Lipinski definition) is 5. The molecular formula is C26H34BN5O3S. The van der Waals surface area contributed by atoms with E-state index in [1.54, 1.807) is 26.7 Å². The van der Waals surface area contributed by atoms with Crippen molar-refractivity contribution >= 4 is 42.9 Å². The number of nitrogens with one attached hydrogen (secondary N) is 1. The summed E-state index contributed by atoms with van der Waals surface area (Å²) >= 11 is 1.65. The van der Waals surface area contributed by atoms with E-state index in [0.717, 1.165) is 22.3 Å². The first-order chi connectivity index (χ1) is 17.4. The molecule has 8 nitrogen and oxygen atoms in total. The van der Waals surface area contributed by atoms with Gasteiger partial charge in [0, 0.05) is 19.6 Å². The lowest BCUT2D eigenvalue weighted by molar-refractivity contribution is -0.190. The van der Waals surface area contributed by atoms with Gasteiger partial charge >= 0.3 is 6.03 Å². The van der Waals surface area contributed by atoms with Crippen LogP contribution in [0.25, 0.3) is 0 Å². The number of amides is 4. The molecule has 2 heterocycles. The number of benzene rings is 2. The fourth-order valence-corrected chi connectivity index (χ4v) is 5.46. The molecule has 0 bridgehead atoms. The number of rotatable bonds is 8. The van der Waals surface area contributed by atoms with E-state index in [0.29, 0.717) is 26.1 Å². The SMILES string of the molecule is Bc1cccc(CN2C[C@H]3N(C(=O)CN(CC)N3C(=O)NCc3ccccc3)[C@@H](CCSC)C2=O)c1. The minimum Gasteiger partial charge on any atom is -0.333 e. The van der Waals surface area contributed by atoms with Crippen LogP contribution in [0.2, 0.25) is 0 Å². The van der Waals surface area contributed by atoms with E-state index in [2.05, 4.69) is 11.4 Å². The molecule has 0 radical (unpaired) electrons. The Bertz CT molecular complexity index is 1090. The van der Waals surface area contributed by atoms with Crippen LogP contribution in [0.5, 0.6) is 0 Å². The Hall–Kier alpha value is -2.98. The summed E-state index contributed by atoms with van der Waals surface area (Å²) in [5.74, 6) is 0.594. The standard InChI is InChI=1S/C26H34BN5O3S/c1-3-30-18-24(33)31-22(12-13-36-2)25(34)29(16-20-10-7-11-21(27)14-20)17-23(31)32(30)26(35)28-15-19-8-5-4-6-9-19/h4-11,14,22-23H,3,12-13,15-18,27H2,1-2H3,(H,28,35)/t22-,23-/m0/s1. The Morgan fingerprint density at radius 1 is 1.11 bits per heavy atom. The highest BCUT2D eigenvalue weighted by atomic mass is 32.2. The topological polar surface area (TPSA) is 76.2 Å². The second-order valence-electron chi connectivity index (χ2n) is 9.26. The number of carbonyl (C=O) groups excluding carboxylic acids is 3. The summed E-state index contributed by atoms with van der Waals surface area (Å²) in [7, 11) is 2.03. The molecule has 4 amide bonds. The van der Waals surface area contributed by atoms with Crippen LogP contribution in [0, 0.1) is 0 Å². The number of hydrogen-bond donors (Lipinski definition) is 1. The molecular weight excluding hydrogens is 473 g/mol. The number of fused-ring (bicyclic) bond motifs is 1. The van der Waals surface area contributed by atoms with Gasteiger partial charge in [0.1, 0.15) is 20.1 Å². The summed E-state index contributed by atoms with van der Waals surface area (Å²) in [4.78, 5) is 44.0. The van der Waals surface area contributed by atoms with Crippen LogP contribution in [0.15, 0.2) is 54.6 Å². The van der Waals surface area contributed by atoms with Crippen LogP contribution in [0.3, 0.4) is 0 Å². The molecule has 0 aromatic heterocycles. The molecule has 10 heteroatoms. The summed E-state index contributed by atoms with van der Waals surface area (Å²) < 4.78 is 0. The fraction of sp³-hybridized carbons (Fsp3) is 0.423. The maximum atomic E-state index is 13.6. The Morgan fingerprint density at radius 2 is 1.86 bits per heavy atom. The highest BCUT2D eigenvalue weighted by molar-refractivity contribution is 7.98. The number of piperazine rings is 1. The summed E-state index contributed by atoms with van der Waals surface area (Å²) in [6.45, 7) is 3.62. The van der Waals surface area contributed by atoms with Crippen molar-refractivity contribution in [3.63, 3.8) is 0 Å². The van der Waals surface area contributed by atoms with Crippen LogP contribution >= 0.6 is 11.8 Å². The van der Waals surface area contributed by atoms with E-state index in [1.807, 2.05) is 74.5 Å². The molecule has 2 atom stereocenters. The van der Waals surface area contributed by atoms with E-state index in [1.165, 1.54) is 0 Å². The number of thioether (sulfide) groups is 1. The Balaban J connectivity index is 1.63. The molecule has 0 unspecified atom stereocenters. The normalized spacial score (nSPS) is 20.4. The molecule has 2 aromatic rings. The maximum Gasteiger partial charge on any atom is 0.334 e. The number of likely N-dealkylation sites (N-methyl/N-ethyl adjacent to an activating group) is 1. The van der Waals surface area contributed by atoms with E-state index >= 15 is 0 Å². The van der Waals surface area contributed by atoms with E-state index < -0.39 is 12.2 Å². The molecule has 2 saturated heterocycles. The molecule has 2 aliphatic heterocycles. The molecule has 2 aliphatic rings. The van der Waals surface area contributed by atoms with Crippen molar-refractivity contribution in [2.75, 3.05) is 31.6 Å². The highest BCUT2D eigenvalue weighted by Crippen LogP contribution is 2.29. The smallest absolute Gasteiger partial charge is 0.333 e. The van der Waals surface area contributed by atoms with Crippen molar-refractivity contribution in [3.05, 3.63) is 65.7 Å². The fourth-order valence-electron chi connectivity index (χ4n) is 5.00. The molecule has 1 N–H and O–H groups in total. The van der Waals surface area contributed by atoms with Crippen LogP contribution in [-0.2, 0) is 22.7 Å². The summed E-state index contributed by atoms with van der Waals surface area (Å²) in [6.07, 6.45) is 1.99. The Labute approximate surface area is 218 Å². The molecule has 4 rings (SSSR count). The summed E-state index contributed by atoms with van der Waals surface area (Å²) in [6, 6.07) is 17.0. The van der Waals surface area contributed by atoms with E-state index in [4.69, 9.17) is 0 Å². The minimum atomic E-state index is -0.586. The first kappa shape index (κ1) is 26.1.